The average Bonchev–Trinajstić information content (AvgIpc) is 2.86. The first-order valence-corrected chi connectivity index (χ1v) is 8.83. The van der Waals surface area contributed by atoms with Crippen LogP contribution in [0.15, 0.2) is 46.9 Å². The van der Waals surface area contributed by atoms with Gasteiger partial charge in [0.05, 0.1) is 9.76 Å². The molecular formula is C18H15ClOS2. The van der Waals surface area contributed by atoms with Gasteiger partial charge in [-0.05, 0) is 36.9 Å². The molecule has 2 aromatic carbocycles. The number of fused-ring (bicyclic) bond motifs is 1. The molecule has 0 spiro atoms. The minimum Gasteiger partial charge on any atom is -0.455 e. The molecule has 0 radical (unpaired) electrons. The molecule has 1 nitrogen and oxygen atoms in total. The molecule has 0 fully saturated rings. The lowest BCUT2D eigenvalue weighted by molar-refractivity contribution is 0.631. The maximum Gasteiger partial charge on any atom is 0.144 e. The van der Waals surface area contributed by atoms with Crippen molar-refractivity contribution in [2.75, 3.05) is 5.75 Å². The first kappa shape index (κ1) is 15.6. The monoisotopic (exact) mass is 346 g/mol. The first-order chi connectivity index (χ1) is 10.6. The van der Waals surface area contributed by atoms with Gasteiger partial charge in [0, 0.05) is 16.0 Å². The number of thiocarbonyl (C=S) groups is 1. The van der Waals surface area contributed by atoms with E-state index >= 15 is 0 Å². The van der Waals surface area contributed by atoms with E-state index in [-0.39, 0.29) is 0 Å². The number of halogens is 1. The van der Waals surface area contributed by atoms with E-state index < -0.39 is 0 Å². The van der Waals surface area contributed by atoms with E-state index in [1.807, 2.05) is 24.3 Å². The highest BCUT2D eigenvalue weighted by Gasteiger charge is 2.19. The third-order valence-corrected chi connectivity index (χ3v) is 4.96. The first-order valence-electron chi connectivity index (χ1n) is 7.06. The van der Waals surface area contributed by atoms with Crippen LogP contribution in [0.25, 0.3) is 22.3 Å². The Hall–Kier alpha value is -1.29. The number of rotatable bonds is 3. The minimum atomic E-state index is 0.689. The van der Waals surface area contributed by atoms with E-state index in [9.17, 15) is 0 Å². The van der Waals surface area contributed by atoms with E-state index in [1.54, 1.807) is 11.8 Å². The molecule has 0 amide bonds. The van der Waals surface area contributed by atoms with E-state index in [4.69, 9.17) is 28.2 Å². The van der Waals surface area contributed by atoms with Gasteiger partial charge in [-0.3, -0.25) is 0 Å². The van der Waals surface area contributed by atoms with Crippen LogP contribution in [0, 0.1) is 6.92 Å². The molecule has 0 bridgehead atoms. The van der Waals surface area contributed by atoms with Crippen molar-refractivity contribution < 1.29 is 4.42 Å². The van der Waals surface area contributed by atoms with Crippen LogP contribution in [0.3, 0.4) is 0 Å². The molecule has 0 atom stereocenters. The van der Waals surface area contributed by atoms with Crippen molar-refractivity contribution in [3.05, 3.63) is 58.6 Å². The second kappa shape index (κ2) is 6.45. The average molecular weight is 347 g/mol. The summed E-state index contributed by atoms with van der Waals surface area (Å²) < 4.78 is 6.95. The highest BCUT2D eigenvalue weighted by atomic mass is 35.5. The van der Waals surface area contributed by atoms with Crippen molar-refractivity contribution in [3.63, 3.8) is 0 Å². The lowest BCUT2D eigenvalue weighted by Crippen LogP contribution is -1.94. The highest BCUT2D eigenvalue weighted by molar-refractivity contribution is 8.23. The lowest BCUT2D eigenvalue weighted by Gasteiger charge is -2.05. The molecule has 1 aromatic heterocycles. The summed E-state index contributed by atoms with van der Waals surface area (Å²) in [6.07, 6.45) is 0. The quantitative estimate of drug-likeness (QED) is 0.503. The Morgan fingerprint density at radius 1 is 1.23 bits per heavy atom. The molecule has 0 saturated carbocycles. The molecule has 0 unspecified atom stereocenters. The van der Waals surface area contributed by atoms with E-state index in [0.29, 0.717) is 5.02 Å². The third kappa shape index (κ3) is 2.94. The summed E-state index contributed by atoms with van der Waals surface area (Å²) >= 11 is 13.4. The second-order valence-electron chi connectivity index (χ2n) is 5.04. The smallest absolute Gasteiger partial charge is 0.144 e. The van der Waals surface area contributed by atoms with Gasteiger partial charge in [-0.15, -0.1) is 11.8 Å². The van der Waals surface area contributed by atoms with E-state index in [2.05, 4.69) is 32.0 Å². The number of aryl methyl sites for hydroxylation is 1. The van der Waals surface area contributed by atoms with Crippen molar-refractivity contribution in [1.29, 1.82) is 0 Å². The zero-order chi connectivity index (χ0) is 15.7. The van der Waals surface area contributed by atoms with Crippen LogP contribution in [0.4, 0.5) is 0 Å². The Balaban J connectivity index is 2.29. The number of furan rings is 1. The van der Waals surface area contributed by atoms with Crippen LogP contribution in [0.1, 0.15) is 18.1 Å². The second-order valence-corrected chi connectivity index (χ2v) is 7.41. The predicted molar refractivity (Wildman–Crippen MR) is 101 cm³/mol. The lowest BCUT2D eigenvalue weighted by atomic mass is 10.0. The van der Waals surface area contributed by atoms with Gasteiger partial charge in [0.2, 0.25) is 0 Å². The minimum absolute atomic E-state index is 0.689. The molecule has 4 heteroatoms. The molecular weight excluding hydrogens is 332 g/mol. The van der Waals surface area contributed by atoms with Gasteiger partial charge in [-0.2, -0.15) is 0 Å². The van der Waals surface area contributed by atoms with Gasteiger partial charge in [0.15, 0.2) is 0 Å². The summed E-state index contributed by atoms with van der Waals surface area (Å²) in [7, 11) is 0. The summed E-state index contributed by atoms with van der Waals surface area (Å²) in [6.45, 7) is 4.17. The molecule has 0 aliphatic rings. The van der Waals surface area contributed by atoms with E-state index in [0.717, 1.165) is 37.8 Å². The largest absolute Gasteiger partial charge is 0.455 e. The Kier molecular flexibility index (Phi) is 4.57. The predicted octanol–water partition coefficient (Wildman–Crippen LogP) is 6.49. The molecule has 3 rings (SSSR count). The fourth-order valence-electron chi connectivity index (χ4n) is 2.47. The van der Waals surface area contributed by atoms with Crippen molar-refractivity contribution in [2.24, 2.45) is 0 Å². The zero-order valence-corrected chi connectivity index (χ0v) is 14.7. The number of hydrogen-bond acceptors (Lipinski definition) is 3. The Bertz CT molecular complexity index is 851. The molecule has 22 heavy (non-hydrogen) atoms. The summed E-state index contributed by atoms with van der Waals surface area (Å²) in [5, 5.41) is 1.67. The topological polar surface area (TPSA) is 13.1 Å². The molecule has 1 heterocycles. The number of hydrogen-bond donors (Lipinski definition) is 0. The van der Waals surface area contributed by atoms with Crippen LogP contribution in [0.2, 0.25) is 5.02 Å². The standard InChI is InChI=1S/C18H15ClOS2/c1-3-22-18(21)16-14-10-13(19)7-8-15(14)20-17(16)12-6-4-5-11(2)9-12/h4-10H,3H2,1-2H3. The fourth-order valence-corrected chi connectivity index (χ4v) is 3.80. The van der Waals surface area contributed by atoms with Crippen LogP contribution in [-0.4, -0.2) is 9.95 Å². The molecule has 0 aliphatic heterocycles. The Labute approximate surface area is 144 Å². The van der Waals surface area contributed by atoms with Gasteiger partial charge in [0.25, 0.3) is 0 Å². The number of benzene rings is 2. The van der Waals surface area contributed by atoms with Crippen LogP contribution < -0.4 is 0 Å². The third-order valence-electron chi connectivity index (χ3n) is 3.41. The molecule has 0 N–H and O–H groups in total. The molecule has 3 aromatic rings. The van der Waals surface area contributed by atoms with Gasteiger partial charge >= 0.3 is 0 Å². The van der Waals surface area contributed by atoms with Gasteiger partial charge < -0.3 is 4.42 Å². The Morgan fingerprint density at radius 2 is 2.05 bits per heavy atom. The van der Waals surface area contributed by atoms with Crippen LogP contribution in [0.5, 0.6) is 0 Å². The van der Waals surface area contributed by atoms with Crippen molar-refractivity contribution in [2.45, 2.75) is 13.8 Å². The SMILES string of the molecule is CCSC(=S)c1c(-c2cccc(C)c2)oc2ccc(Cl)cc12. The van der Waals surface area contributed by atoms with Crippen LogP contribution in [-0.2, 0) is 0 Å². The molecule has 0 aliphatic carbocycles. The van der Waals surface area contributed by atoms with Gasteiger partial charge in [-0.1, -0.05) is 54.5 Å². The summed E-state index contributed by atoms with van der Waals surface area (Å²) in [5.74, 6) is 1.76. The zero-order valence-electron chi connectivity index (χ0n) is 12.4. The normalized spacial score (nSPS) is 11.0. The molecule has 112 valence electrons. The number of thioether (sulfide) groups is 1. The maximum atomic E-state index is 6.16. The summed E-state index contributed by atoms with van der Waals surface area (Å²) in [6, 6.07) is 13.9. The maximum absolute atomic E-state index is 6.16. The van der Waals surface area contributed by atoms with Crippen LogP contribution >= 0.6 is 35.6 Å². The van der Waals surface area contributed by atoms with Gasteiger partial charge in [0.1, 0.15) is 11.3 Å². The highest BCUT2D eigenvalue weighted by Crippen LogP contribution is 2.37. The van der Waals surface area contributed by atoms with Crippen molar-refractivity contribution in [1.82, 2.24) is 0 Å². The van der Waals surface area contributed by atoms with E-state index in [1.165, 1.54) is 5.56 Å². The van der Waals surface area contributed by atoms with Crippen molar-refractivity contribution >= 4 is 50.7 Å². The summed E-state index contributed by atoms with van der Waals surface area (Å²) in [4.78, 5) is 0. The Morgan fingerprint density at radius 3 is 2.77 bits per heavy atom. The van der Waals surface area contributed by atoms with Gasteiger partial charge in [-0.25, -0.2) is 0 Å². The molecule has 0 saturated heterocycles. The summed E-state index contributed by atoms with van der Waals surface area (Å²) in [5.41, 5.74) is 4.03. The fraction of sp³-hybridized carbons (Fsp3) is 0.167. The van der Waals surface area contributed by atoms with Crippen molar-refractivity contribution in [3.8, 4) is 11.3 Å².